The van der Waals surface area contributed by atoms with Gasteiger partial charge in [0.2, 0.25) is 11.8 Å². The molecule has 3 rings (SSSR count). The molecule has 0 fully saturated rings. The summed E-state index contributed by atoms with van der Waals surface area (Å²) in [6.07, 6.45) is 0. The Morgan fingerprint density at radius 2 is 1.76 bits per heavy atom. The van der Waals surface area contributed by atoms with Gasteiger partial charge in [-0.05, 0) is 56.3 Å². The van der Waals surface area contributed by atoms with Crippen LogP contribution >= 0.6 is 11.6 Å². The molecule has 2 aromatic carbocycles. The van der Waals surface area contributed by atoms with Crippen LogP contribution in [-0.2, 0) is 6.54 Å². The van der Waals surface area contributed by atoms with Crippen molar-refractivity contribution in [2.75, 3.05) is 14.2 Å². The Balaban J connectivity index is 1.82. The number of methoxy groups -OCH3 is 2. The molecule has 0 aliphatic carbocycles. The number of hydrogen-bond donors (Lipinski definition) is 0. The Bertz CT molecular complexity index is 986. The number of nitrogens with zero attached hydrogens (tertiary/aromatic N) is 3. The van der Waals surface area contributed by atoms with Crippen LogP contribution in [0.2, 0.25) is 5.02 Å². The third kappa shape index (κ3) is 4.68. The number of ether oxygens (including phenoxy) is 2. The molecule has 0 atom stereocenters. The van der Waals surface area contributed by atoms with Crippen molar-refractivity contribution in [3.8, 4) is 23.0 Å². The number of aromatic nitrogens is 2. The second-order valence-electron chi connectivity index (χ2n) is 6.60. The Morgan fingerprint density at radius 1 is 1.07 bits per heavy atom. The van der Waals surface area contributed by atoms with E-state index in [0.29, 0.717) is 33.9 Å². The first-order valence-corrected chi connectivity index (χ1v) is 9.42. The summed E-state index contributed by atoms with van der Waals surface area (Å²) in [7, 11) is 3.08. The normalized spacial score (nSPS) is 10.8. The maximum absolute atomic E-state index is 13.1. The molecular formula is C21H22ClN3O4. The van der Waals surface area contributed by atoms with Crippen molar-refractivity contribution in [2.24, 2.45) is 0 Å². The quantitative estimate of drug-likeness (QED) is 0.567. The summed E-state index contributed by atoms with van der Waals surface area (Å²) >= 11 is 5.91. The van der Waals surface area contributed by atoms with Crippen LogP contribution in [0.4, 0.5) is 0 Å². The molecule has 0 aliphatic rings. The van der Waals surface area contributed by atoms with Crippen LogP contribution in [0.1, 0.15) is 30.1 Å². The van der Waals surface area contributed by atoms with E-state index in [0.717, 1.165) is 5.56 Å². The Morgan fingerprint density at radius 3 is 2.38 bits per heavy atom. The molecule has 0 saturated heterocycles. The van der Waals surface area contributed by atoms with Crippen LogP contribution in [-0.4, -0.2) is 41.3 Å². The molecule has 0 spiro atoms. The van der Waals surface area contributed by atoms with Crippen LogP contribution < -0.4 is 9.47 Å². The minimum Gasteiger partial charge on any atom is -0.493 e. The van der Waals surface area contributed by atoms with E-state index in [1.165, 1.54) is 7.11 Å². The van der Waals surface area contributed by atoms with Gasteiger partial charge in [-0.1, -0.05) is 11.6 Å². The predicted octanol–water partition coefficient (Wildman–Crippen LogP) is 4.46. The van der Waals surface area contributed by atoms with Crippen LogP contribution in [0.5, 0.6) is 11.5 Å². The van der Waals surface area contributed by atoms with Crippen LogP contribution in [0.3, 0.4) is 0 Å². The lowest BCUT2D eigenvalue weighted by Crippen LogP contribution is -2.36. The second-order valence-corrected chi connectivity index (χ2v) is 7.04. The molecule has 7 nitrogen and oxygen atoms in total. The number of carbonyl (C=O) groups is 1. The van der Waals surface area contributed by atoms with E-state index in [2.05, 4.69) is 10.2 Å². The average Bonchev–Trinajstić information content (AvgIpc) is 3.20. The van der Waals surface area contributed by atoms with E-state index < -0.39 is 0 Å². The van der Waals surface area contributed by atoms with Crippen molar-refractivity contribution in [2.45, 2.75) is 26.4 Å². The van der Waals surface area contributed by atoms with Gasteiger partial charge in [0.05, 0.1) is 20.8 Å². The third-order valence-corrected chi connectivity index (χ3v) is 4.63. The van der Waals surface area contributed by atoms with Crippen molar-refractivity contribution < 1.29 is 18.7 Å². The van der Waals surface area contributed by atoms with E-state index in [4.69, 9.17) is 25.5 Å². The van der Waals surface area contributed by atoms with E-state index in [1.807, 2.05) is 13.8 Å². The summed E-state index contributed by atoms with van der Waals surface area (Å²) in [5.41, 5.74) is 1.24. The minimum absolute atomic E-state index is 0.0820. The zero-order chi connectivity index (χ0) is 21.0. The second kappa shape index (κ2) is 8.96. The van der Waals surface area contributed by atoms with Gasteiger partial charge in [-0.25, -0.2) is 0 Å². The highest BCUT2D eigenvalue weighted by Gasteiger charge is 2.23. The molecule has 0 bridgehead atoms. The van der Waals surface area contributed by atoms with Gasteiger partial charge in [-0.3, -0.25) is 4.79 Å². The molecule has 0 N–H and O–H groups in total. The summed E-state index contributed by atoms with van der Waals surface area (Å²) in [6, 6.07) is 12.1. The van der Waals surface area contributed by atoms with Crippen molar-refractivity contribution in [1.82, 2.24) is 15.1 Å². The lowest BCUT2D eigenvalue weighted by Gasteiger charge is -2.25. The van der Waals surface area contributed by atoms with Crippen LogP contribution in [0, 0.1) is 0 Å². The molecule has 152 valence electrons. The molecule has 0 saturated carbocycles. The van der Waals surface area contributed by atoms with Crippen molar-refractivity contribution in [3.63, 3.8) is 0 Å². The summed E-state index contributed by atoms with van der Waals surface area (Å²) < 4.78 is 16.3. The standard InChI is InChI=1S/C21H22ClN3O4/c1-13(2)25(21(26)15-7-10-17(27-3)18(11-15)28-4)12-19-23-24-20(29-19)14-5-8-16(22)9-6-14/h5-11,13H,12H2,1-4H3. The molecular weight excluding hydrogens is 394 g/mol. The zero-order valence-electron chi connectivity index (χ0n) is 16.7. The molecule has 1 aromatic heterocycles. The first-order valence-electron chi connectivity index (χ1n) is 9.04. The average molecular weight is 416 g/mol. The SMILES string of the molecule is COc1ccc(C(=O)N(Cc2nnc(-c3ccc(Cl)cc3)o2)C(C)C)cc1OC. The minimum atomic E-state index is -0.174. The lowest BCUT2D eigenvalue weighted by atomic mass is 10.1. The first kappa shape index (κ1) is 20.7. The monoisotopic (exact) mass is 415 g/mol. The number of halogens is 1. The van der Waals surface area contributed by atoms with Gasteiger partial charge in [-0.2, -0.15) is 0 Å². The van der Waals surface area contributed by atoms with Gasteiger partial charge in [0.15, 0.2) is 11.5 Å². The fourth-order valence-electron chi connectivity index (χ4n) is 2.80. The molecule has 0 radical (unpaired) electrons. The van der Waals surface area contributed by atoms with Crippen LogP contribution in [0.25, 0.3) is 11.5 Å². The zero-order valence-corrected chi connectivity index (χ0v) is 17.4. The number of carbonyl (C=O) groups excluding carboxylic acids is 1. The highest BCUT2D eigenvalue weighted by atomic mass is 35.5. The van der Waals surface area contributed by atoms with Gasteiger partial charge in [0.25, 0.3) is 5.91 Å². The number of benzene rings is 2. The molecule has 0 aliphatic heterocycles. The van der Waals surface area contributed by atoms with Gasteiger partial charge in [0.1, 0.15) is 0 Å². The van der Waals surface area contributed by atoms with E-state index >= 15 is 0 Å². The van der Waals surface area contributed by atoms with Gasteiger partial charge < -0.3 is 18.8 Å². The third-order valence-electron chi connectivity index (χ3n) is 4.38. The Hall–Kier alpha value is -3.06. The van der Waals surface area contributed by atoms with Crippen LogP contribution in [0.15, 0.2) is 46.9 Å². The molecule has 1 heterocycles. The Labute approximate surface area is 174 Å². The molecule has 0 unspecified atom stereocenters. The van der Waals surface area contributed by atoms with Crippen molar-refractivity contribution in [1.29, 1.82) is 0 Å². The maximum Gasteiger partial charge on any atom is 0.254 e. The van der Waals surface area contributed by atoms with Gasteiger partial charge >= 0.3 is 0 Å². The number of hydrogen-bond acceptors (Lipinski definition) is 6. The largest absolute Gasteiger partial charge is 0.493 e. The molecule has 8 heteroatoms. The smallest absolute Gasteiger partial charge is 0.254 e. The van der Waals surface area contributed by atoms with Crippen molar-refractivity contribution >= 4 is 17.5 Å². The van der Waals surface area contributed by atoms with Crippen molar-refractivity contribution in [3.05, 3.63) is 58.9 Å². The fourth-order valence-corrected chi connectivity index (χ4v) is 2.92. The molecule has 1 amide bonds. The lowest BCUT2D eigenvalue weighted by molar-refractivity contribution is 0.0672. The number of amides is 1. The molecule has 3 aromatic rings. The van der Waals surface area contributed by atoms with Gasteiger partial charge in [-0.15, -0.1) is 10.2 Å². The summed E-state index contributed by atoms with van der Waals surface area (Å²) in [4.78, 5) is 14.8. The summed E-state index contributed by atoms with van der Waals surface area (Å²) in [5, 5.41) is 8.79. The highest BCUT2D eigenvalue weighted by molar-refractivity contribution is 6.30. The van der Waals surface area contributed by atoms with E-state index in [9.17, 15) is 4.79 Å². The predicted molar refractivity (Wildman–Crippen MR) is 109 cm³/mol. The van der Waals surface area contributed by atoms with E-state index in [1.54, 1.807) is 54.5 Å². The Kier molecular flexibility index (Phi) is 6.39. The van der Waals surface area contributed by atoms with E-state index in [-0.39, 0.29) is 18.5 Å². The first-order chi connectivity index (χ1) is 13.9. The maximum atomic E-state index is 13.1. The number of rotatable bonds is 7. The summed E-state index contributed by atoms with van der Waals surface area (Å²) in [6.45, 7) is 4.04. The summed E-state index contributed by atoms with van der Waals surface area (Å²) in [5.74, 6) is 1.60. The molecule has 29 heavy (non-hydrogen) atoms. The fraction of sp³-hybridized carbons (Fsp3) is 0.286. The topological polar surface area (TPSA) is 77.7 Å². The van der Waals surface area contributed by atoms with Gasteiger partial charge in [0, 0.05) is 22.2 Å². The highest BCUT2D eigenvalue weighted by Crippen LogP contribution is 2.29.